The number of hydrogen-bond acceptors (Lipinski definition) is 5. The molecular formula is C10H12N6O. The monoisotopic (exact) mass is 232 g/mol. The molecule has 3 heterocycles. The molecule has 1 atom stereocenters. The number of nitrogens with two attached hydrogens (primary N) is 1. The van der Waals surface area contributed by atoms with Crippen LogP contribution in [0.15, 0.2) is 12.5 Å². The van der Waals surface area contributed by atoms with Crippen molar-refractivity contribution < 1.29 is 4.79 Å². The number of fused-ring (bicyclic) bond motifs is 1. The van der Waals surface area contributed by atoms with Gasteiger partial charge in [0.2, 0.25) is 5.91 Å². The van der Waals surface area contributed by atoms with Gasteiger partial charge in [0, 0.05) is 26.1 Å². The fraction of sp³-hybridized carbons (Fsp3) is 0.400. The number of amides is 1. The predicted molar refractivity (Wildman–Crippen MR) is 61.2 cm³/mol. The molecule has 0 aromatic carbocycles. The van der Waals surface area contributed by atoms with Gasteiger partial charge in [-0.25, -0.2) is 9.97 Å². The van der Waals surface area contributed by atoms with Crippen molar-refractivity contribution in [3.8, 4) is 0 Å². The summed E-state index contributed by atoms with van der Waals surface area (Å²) in [7, 11) is 1.80. The Bertz CT molecular complexity index is 591. The molecule has 1 aliphatic rings. The highest BCUT2D eigenvalue weighted by Crippen LogP contribution is 2.25. The van der Waals surface area contributed by atoms with Crippen molar-refractivity contribution in [1.82, 2.24) is 19.7 Å². The van der Waals surface area contributed by atoms with Gasteiger partial charge in [0.05, 0.1) is 11.6 Å². The largest absolute Gasteiger partial charge is 0.326 e. The predicted octanol–water partition coefficient (Wildman–Crippen LogP) is -0.573. The zero-order valence-corrected chi connectivity index (χ0v) is 9.37. The molecule has 2 aromatic heterocycles. The summed E-state index contributed by atoms with van der Waals surface area (Å²) in [5.41, 5.74) is 6.49. The number of carbonyl (C=O) groups excluding carboxylic acids is 1. The van der Waals surface area contributed by atoms with E-state index in [0.717, 1.165) is 5.39 Å². The molecule has 1 saturated heterocycles. The maximum atomic E-state index is 11.8. The van der Waals surface area contributed by atoms with Crippen LogP contribution in [0.25, 0.3) is 11.0 Å². The zero-order valence-electron chi connectivity index (χ0n) is 9.37. The second-order valence-corrected chi connectivity index (χ2v) is 4.17. The van der Waals surface area contributed by atoms with E-state index in [2.05, 4.69) is 15.1 Å². The van der Waals surface area contributed by atoms with Crippen LogP contribution in [0, 0.1) is 0 Å². The Morgan fingerprint density at radius 3 is 3.00 bits per heavy atom. The van der Waals surface area contributed by atoms with E-state index in [1.807, 2.05) is 0 Å². The number of aromatic nitrogens is 4. The summed E-state index contributed by atoms with van der Waals surface area (Å²) in [6.07, 6.45) is 3.48. The Balaban J connectivity index is 2.14. The summed E-state index contributed by atoms with van der Waals surface area (Å²) in [6, 6.07) is -0.121. The first kappa shape index (κ1) is 10.2. The second-order valence-electron chi connectivity index (χ2n) is 4.17. The number of nitrogens with zero attached hydrogens (tertiary/aromatic N) is 5. The molecule has 0 bridgehead atoms. The van der Waals surface area contributed by atoms with E-state index in [9.17, 15) is 4.79 Å². The van der Waals surface area contributed by atoms with Gasteiger partial charge in [-0.05, 0) is 0 Å². The summed E-state index contributed by atoms with van der Waals surface area (Å²) >= 11 is 0. The summed E-state index contributed by atoms with van der Waals surface area (Å²) in [6.45, 7) is 0.500. The average molecular weight is 232 g/mol. The van der Waals surface area contributed by atoms with Crippen LogP contribution >= 0.6 is 0 Å². The minimum atomic E-state index is -0.121. The smallest absolute Gasteiger partial charge is 0.229 e. The van der Waals surface area contributed by atoms with Gasteiger partial charge < -0.3 is 5.73 Å². The van der Waals surface area contributed by atoms with Crippen molar-refractivity contribution in [1.29, 1.82) is 0 Å². The first-order valence-electron chi connectivity index (χ1n) is 5.35. The maximum Gasteiger partial charge on any atom is 0.229 e. The first-order valence-corrected chi connectivity index (χ1v) is 5.35. The minimum absolute atomic E-state index is 0.00125. The van der Waals surface area contributed by atoms with Gasteiger partial charge >= 0.3 is 0 Å². The van der Waals surface area contributed by atoms with E-state index >= 15 is 0 Å². The molecule has 0 radical (unpaired) electrons. The molecule has 1 unspecified atom stereocenters. The van der Waals surface area contributed by atoms with Crippen LogP contribution in [0.5, 0.6) is 0 Å². The third-order valence-electron chi connectivity index (χ3n) is 2.92. The molecule has 1 amide bonds. The fourth-order valence-electron chi connectivity index (χ4n) is 2.10. The van der Waals surface area contributed by atoms with Crippen molar-refractivity contribution in [2.45, 2.75) is 12.5 Å². The van der Waals surface area contributed by atoms with E-state index in [0.29, 0.717) is 24.4 Å². The van der Waals surface area contributed by atoms with Crippen molar-refractivity contribution >= 4 is 22.8 Å². The van der Waals surface area contributed by atoms with Crippen LogP contribution < -0.4 is 10.6 Å². The molecule has 7 nitrogen and oxygen atoms in total. The Hall–Kier alpha value is -2.02. The number of hydrogen-bond donors (Lipinski definition) is 1. The van der Waals surface area contributed by atoms with Crippen LogP contribution in [0.4, 0.5) is 5.82 Å². The lowest BCUT2D eigenvalue weighted by Crippen LogP contribution is -2.28. The molecule has 2 N–H and O–H groups in total. The van der Waals surface area contributed by atoms with Crippen LogP contribution in [-0.2, 0) is 11.8 Å². The summed E-state index contributed by atoms with van der Waals surface area (Å²) in [5.74, 6) is 0.599. The average Bonchev–Trinajstić information content (AvgIpc) is 2.83. The Kier molecular flexibility index (Phi) is 2.08. The quantitative estimate of drug-likeness (QED) is 0.711. The Morgan fingerprint density at radius 1 is 1.47 bits per heavy atom. The third-order valence-corrected chi connectivity index (χ3v) is 2.92. The summed E-state index contributed by atoms with van der Waals surface area (Å²) in [4.78, 5) is 21.7. The molecule has 0 spiro atoms. The lowest BCUT2D eigenvalue weighted by atomic mass is 10.3. The number of aryl methyl sites for hydroxylation is 1. The molecule has 1 aliphatic heterocycles. The highest BCUT2D eigenvalue weighted by atomic mass is 16.2. The van der Waals surface area contributed by atoms with Gasteiger partial charge in [-0.1, -0.05) is 0 Å². The molecule has 0 saturated carbocycles. The summed E-state index contributed by atoms with van der Waals surface area (Å²) < 4.78 is 1.65. The van der Waals surface area contributed by atoms with E-state index in [-0.39, 0.29) is 11.9 Å². The molecule has 0 aliphatic carbocycles. The van der Waals surface area contributed by atoms with Crippen LogP contribution in [0.3, 0.4) is 0 Å². The van der Waals surface area contributed by atoms with Crippen LogP contribution in [0.2, 0.25) is 0 Å². The number of rotatable bonds is 1. The molecule has 1 fully saturated rings. The second kappa shape index (κ2) is 3.49. The molecule has 88 valence electrons. The van der Waals surface area contributed by atoms with Crippen molar-refractivity contribution in [3.05, 3.63) is 12.5 Å². The Morgan fingerprint density at radius 2 is 2.29 bits per heavy atom. The highest BCUT2D eigenvalue weighted by molar-refractivity contribution is 6.01. The van der Waals surface area contributed by atoms with E-state index in [1.54, 1.807) is 22.8 Å². The Labute approximate surface area is 97.2 Å². The van der Waals surface area contributed by atoms with Gasteiger partial charge in [-0.15, -0.1) is 0 Å². The number of anilines is 1. The van der Waals surface area contributed by atoms with Gasteiger partial charge in [-0.3, -0.25) is 14.4 Å². The normalized spacial score (nSPS) is 20.5. The minimum Gasteiger partial charge on any atom is -0.326 e. The first-order chi connectivity index (χ1) is 8.16. The van der Waals surface area contributed by atoms with Crippen LogP contribution in [0.1, 0.15) is 6.42 Å². The third kappa shape index (κ3) is 1.47. The van der Waals surface area contributed by atoms with Crippen molar-refractivity contribution in [3.63, 3.8) is 0 Å². The van der Waals surface area contributed by atoms with Crippen molar-refractivity contribution in [2.75, 3.05) is 11.4 Å². The lowest BCUT2D eigenvalue weighted by Gasteiger charge is -2.14. The topological polar surface area (TPSA) is 89.9 Å². The summed E-state index contributed by atoms with van der Waals surface area (Å²) in [5, 5.41) is 4.89. The van der Waals surface area contributed by atoms with E-state index in [1.165, 1.54) is 6.33 Å². The van der Waals surface area contributed by atoms with E-state index in [4.69, 9.17) is 5.73 Å². The highest BCUT2D eigenvalue weighted by Gasteiger charge is 2.30. The fourth-order valence-corrected chi connectivity index (χ4v) is 2.10. The molecule has 17 heavy (non-hydrogen) atoms. The SMILES string of the molecule is Cn1ncc2c(N3CC(N)CC3=O)ncnc21. The van der Waals surface area contributed by atoms with Gasteiger partial charge in [0.25, 0.3) is 0 Å². The maximum absolute atomic E-state index is 11.8. The van der Waals surface area contributed by atoms with Gasteiger partial charge in [0.1, 0.15) is 12.1 Å². The van der Waals surface area contributed by atoms with Gasteiger partial charge in [-0.2, -0.15) is 5.10 Å². The van der Waals surface area contributed by atoms with Gasteiger partial charge in [0.15, 0.2) is 5.65 Å². The molecule has 2 aromatic rings. The van der Waals surface area contributed by atoms with E-state index < -0.39 is 0 Å². The molecular weight excluding hydrogens is 220 g/mol. The molecule has 7 heteroatoms. The zero-order chi connectivity index (χ0) is 12.0. The molecule has 3 rings (SSSR count). The van der Waals surface area contributed by atoms with Crippen molar-refractivity contribution in [2.24, 2.45) is 12.8 Å². The number of carbonyl (C=O) groups is 1. The van der Waals surface area contributed by atoms with Crippen LogP contribution in [-0.4, -0.2) is 38.2 Å². The lowest BCUT2D eigenvalue weighted by molar-refractivity contribution is -0.117. The standard InChI is InChI=1S/C10H12N6O/c1-15-9-7(3-14-15)10(13-5-12-9)16-4-6(11)2-8(16)17/h3,5-6H,2,4,11H2,1H3.